The van der Waals surface area contributed by atoms with E-state index in [9.17, 15) is 18.0 Å². The standard InChI is InChI=1S/C12H10F3N3O2/c13-12(14,15)9-6-18(5-8(9)11(19)20)10-4-17-2-1-7(10)3-16/h1-2,4,8-9H,5-6H2,(H,19,20)/t8-,9-/m1/s1. The van der Waals surface area contributed by atoms with Gasteiger partial charge in [-0.25, -0.2) is 0 Å². The molecule has 0 bridgehead atoms. The van der Waals surface area contributed by atoms with Crippen LogP contribution in [-0.2, 0) is 4.79 Å². The zero-order valence-corrected chi connectivity index (χ0v) is 10.1. The second-order valence-electron chi connectivity index (χ2n) is 4.50. The van der Waals surface area contributed by atoms with E-state index in [4.69, 9.17) is 10.4 Å². The van der Waals surface area contributed by atoms with Crippen molar-refractivity contribution in [2.45, 2.75) is 6.18 Å². The molecule has 1 N–H and O–H groups in total. The van der Waals surface area contributed by atoms with Crippen LogP contribution in [0.4, 0.5) is 18.9 Å². The van der Waals surface area contributed by atoms with Crippen LogP contribution in [-0.4, -0.2) is 35.3 Å². The van der Waals surface area contributed by atoms with Gasteiger partial charge in [-0.3, -0.25) is 9.78 Å². The molecule has 2 heterocycles. The van der Waals surface area contributed by atoms with Crippen molar-refractivity contribution in [1.29, 1.82) is 5.26 Å². The molecule has 2 rings (SSSR count). The molecule has 1 fully saturated rings. The van der Waals surface area contributed by atoms with Crippen molar-refractivity contribution >= 4 is 11.7 Å². The molecule has 1 aliphatic rings. The highest BCUT2D eigenvalue weighted by atomic mass is 19.4. The molecule has 0 spiro atoms. The minimum Gasteiger partial charge on any atom is -0.481 e. The Balaban J connectivity index is 2.33. The van der Waals surface area contributed by atoms with E-state index < -0.39 is 30.5 Å². The Morgan fingerprint density at radius 2 is 2.20 bits per heavy atom. The second kappa shape index (κ2) is 5.00. The van der Waals surface area contributed by atoms with Gasteiger partial charge in [-0.1, -0.05) is 0 Å². The lowest BCUT2D eigenvalue weighted by molar-refractivity contribution is -0.187. The molecular formula is C12H10F3N3O2. The molecule has 0 aliphatic carbocycles. The van der Waals surface area contributed by atoms with Gasteiger partial charge in [0.1, 0.15) is 6.07 Å². The van der Waals surface area contributed by atoms with Crippen LogP contribution in [0.1, 0.15) is 5.56 Å². The zero-order valence-electron chi connectivity index (χ0n) is 10.1. The average molecular weight is 285 g/mol. The molecule has 1 saturated heterocycles. The van der Waals surface area contributed by atoms with Crippen LogP contribution in [0, 0.1) is 23.2 Å². The van der Waals surface area contributed by atoms with Gasteiger partial charge in [0.05, 0.1) is 29.3 Å². The van der Waals surface area contributed by atoms with Gasteiger partial charge in [0.15, 0.2) is 0 Å². The van der Waals surface area contributed by atoms with Crippen molar-refractivity contribution < 1.29 is 23.1 Å². The summed E-state index contributed by atoms with van der Waals surface area (Å²) in [4.78, 5) is 16.0. The number of hydrogen-bond donors (Lipinski definition) is 1. The first-order chi connectivity index (χ1) is 9.34. The lowest BCUT2D eigenvalue weighted by Gasteiger charge is -2.20. The van der Waals surface area contributed by atoms with E-state index in [-0.39, 0.29) is 17.8 Å². The third-order valence-corrected chi connectivity index (χ3v) is 3.32. The van der Waals surface area contributed by atoms with E-state index in [2.05, 4.69) is 4.98 Å². The van der Waals surface area contributed by atoms with Crippen molar-refractivity contribution in [2.24, 2.45) is 11.8 Å². The van der Waals surface area contributed by atoms with Crippen LogP contribution >= 0.6 is 0 Å². The van der Waals surface area contributed by atoms with Crippen molar-refractivity contribution in [3.8, 4) is 6.07 Å². The molecule has 106 valence electrons. The van der Waals surface area contributed by atoms with Gasteiger partial charge in [-0.15, -0.1) is 0 Å². The highest BCUT2D eigenvalue weighted by Gasteiger charge is 2.52. The maximum absolute atomic E-state index is 12.9. The number of aromatic nitrogens is 1. The average Bonchev–Trinajstić information content (AvgIpc) is 2.83. The van der Waals surface area contributed by atoms with Crippen LogP contribution in [0.2, 0.25) is 0 Å². The Morgan fingerprint density at radius 3 is 2.70 bits per heavy atom. The summed E-state index contributed by atoms with van der Waals surface area (Å²) in [5.41, 5.74) is 0.403. The highest BCUT2D eigenvalue weighted by Crippen LogP contribution is 2.39. The Bertz CT molecular complexity index is 568. The molecule has 20 heavy (non-hydrogen) atoms. The van der Waals surface area contributed by atoms with E-state index >= 15 is 0 Å². The fourth-order valence-electron chi connectivity index (χ4n) is 2.32. The summed E-state index contributed by atoms with van der Waals surface area (Å²) < 4.78 is 38.6. The van der Waals surface area contributed by atoms with Gasteiger partial charge in [0, 0.05) is 19.3 Å². The summed E-state index contributed by atoms with van der Waals surface area (Å²) in [6.07, 6.45) is -1.96. The maximum Gasteiger partial charge on any atom is 0.394 e. The fourth-order valence-corrected chi connectivity index (χ4v) is 2.32. The Hall–Kier alpha value is -2.30. The molecule has 0 saturated carbocycles. The number of anilines is 1. The number of alkyl halides is 3. The first-order valence-corrected chi connectivity index (χ1v) is 5.73. The monoisotopic (exact) mass is 285 g/mol. The van der Waals surface area contributed by atoms with Gasteiger partial charge < -0.3 is 10.0 Å². The summed E-state index contributed by atoms with van der Waals surface area (Å²) in [6, 6.07) is 3.24. The topological polar surface area (TPSA) is 77.2 Å². The Labute approximate surface area is 112 Å². The molecule has 0 amide bonds. The number of carbonyl (C=O) groups is 1. The number of nitrogens with zero attached hydrogens (tertiary/aromatic N) is 3. The first-order valence-electron chi connectivity index (χ1n) is 5.73. The third-order valence-electron chi connectivity index (χ3n) is 3.32. The molecular weight excluding hydrogens is 275 g/mol. The highest BCUT2D eigenvalue weighted by molar-refractivity contribution is 5.73. The smallest absolute Gasteiger partial charge is 0.394 e. The molecule has 0 unspecified atom stereocenters. The molecule has 0 radical (unpaired) electrons. The minimum absolute atomic E-state index is 0.173. The summed E-state index contributed by atoms with van der Waals surface area (Å²) >= 11 is 0. The number of carboxylic acids is 1. The lowest BCUT2D eigenvalue weighted by atomic mass is 9.96. The quantitative estimate of drug-likeness (QED) is 0.894. The number of aliphatic carboxylic acids is 1. The van der Waals surface area contributed by atoms with Gasteiger partial charge in [-0.05, 0) is 6.07 Å². The molecule has 1 aromatic heterocycles. The van der Waals surface area contributed by atoms with E-state index in [1.54, 1.807) is 0 Å². The Kier molecular flexibility index (Phi) is 3.53. The van der Waals surface area contributed by atoms with Crippen LogP contribution in [0.15, 0.2) is 18.5 Å². The van der Waals surface area contributed by atoms with Gasteiger partial charge >= 0.3 is 12.1 Å². The largest absolute Gasteiger partial charge is 0.481 e. The van der Waals surface area contributed by atoms with E-state index in [1.807, 2.05) is 6.07 Å². The Morgan fingerprint density at radius 1 is 1.50 bits per heavy atom. The number of hydrogen-bond acceptors (Lipinski definition) is 4. The van der Waals surface area contributed by atoms with E-state index in [1.165, 1.54) is 23.4 Å². The minimum atomic E-state index is -4.59. The molecule has 0 aromatic carbocycles. The van der Waals surface area contributed by atoms with Crippen molar-refractivity contribution in [3.63, 3.8) is 0 Å². The maximum atomic E-state index is 12.9. The third kappa shape index (κ3) is 2.52. The number of rotatable bonds is 2. The van der Waals surface area contributed by atoms with Crippen LogP contribution in [0.25, 0.3) is 0 Å². The molecule has 8 heteroatoms. The number of nitriles is 1. The molecule has 1 aliphatic heterocycles. The van der Waals surface area contributed by atoms with E-state index in [0.29, 0.717) is 0 Å². The van der Waals surface area contributed by atoms with Crippen LogP contribution in [0.5, 0.6) is 0 Å². The van der Waals surface area contributed by atoms with E-state index in [0.717, 1.165) is 0 Å². The van der Waals surface area contributed by atoms with Crippen LogP contribution < -0.4 is 4.90 Å². The summed E-state index contributed by atoms with van der Waals surface area (Å²) in [6.45, 7) is -0.777. The van der Waals surface area contributed by atoms with Crippen molar-refractivity contribution in [1.82, 2.24) is 4.98 Å². The number of halogens is 3. The number of pyridine rings is 1. The SMILES string of the molecule is N#Cc1ccncc1N1C[C@@H](C(F)(F)F)[C@H](C(=O)O)C1. The van der Waals surface area contributed by atoms with Crippen molar-refractivity contribution in [3.05, 3.63) is 24.0 Å². The lowest BCUT2D eigenvalue weighted by Crippen LogP contribution is -2.33. The molecule has 5 nitrogen and oxygen atoms in total. The number of carboxylic acid groups (broad SMARTS) is 1. The molecule has 2 atom stereocenters. The second-order valence-corrected chi connectivity index (χ2v) is 4.50. The summed E-state index contributed by atoms with van der Waals surface area (Å²) in [5.74, 6) is -4.98. The fraction of sp³-hybridized carbons (Fsp3) is 0.417. The van der Waals surface area contributed by atoms with Gasteiger partial charge in [0.25, 0.3) is 0 Å². The molecule has 1 aromatic rings. The van der Waals surface area contributed by atoms with Gasteiger partial charge in [-0.2, -0.15) is 18.4 Å². The predicted octanol–water partition coefficient (Wildman–Crippen LogP) is 1.65. The summed E-state index contributed by atoms with van der Waals surface area (Å²) in [7, 11) is 0. The summed E-state index contributed by atoms with van der Waals surface area (Å²) in [5, 5.41) is 17.9. The van der Waals surface area contributed by atoms with Gasteiger partial charge in [0.2, 0.25) is 0 Å². The first kappa shape index (κ1) is 14.1. The van der Waals surface area contributed by atoms with Crippen LogP contribution in [0.3, 0.4) is 0 Å². The zero-order chi connectivity index (χ0) is 14.9. The predicted molar refractivity (Wildman–Crippen MR) is 61.8 cm³/mol. The normalized spacial score (nSPS) is 22.6. The van der Waals surface area contributed by atoms with Crippen molar-refractivity contribution in [2.75, 3.05) is 18.0 Å².